The number of hydrogen-bond acceptors (Lipinski definition) is 1. The highest BCUT2D eigenvalue weighted by Crippen LogP contribution is 2.34. The summed E-state index contributed by atoms with van der Waals surface area (Å²) in [5.41, 5.74) is 2.74. The van der Waals surface area contributed by atoms with Crippen LogP contribution in [0.15, 0.2) is 24.3 Å². The molecule has 1 fully saturated rings. The van der Waals surface area contributed by atoms with Gasteiger partial charge in [0.2, 0.25) is 0 Å². The highest BCUT2D eigenvalue weighted by molar-refractivity contribution is 5.66. The Morgan fingerprint density at radius 3 is 2.76 bits per heavy atom. The lowest BCUT2D eigenvalue weighted by Crippen LogP contribution is -1.97. The van der Waals surface area contributed by atoms with Crippen LogP contribution in [-0.4, -0.2) is 11.1 Å². The van der Waals surface area contributed by atoms with Gasteiger partial charge in [0.1, 0.15) is 0 Å². The highest BCUT2D eigenvalue weighted by Gasteiger charge is 2.16. The molecule has 0 bridgehead atoms. The van der Waals surface area contributed by atoms with Crippen LogP contribution in [0.5, 0.6) is 0 Å². The Morgan fingerprint density at radius 2 is 2.06 bits per heavy atom. The Kier molecular flexibility index (Phi) is 4.18. The Morgan fingerprint density at radius 1 is 1.29 bits per heavy atom. The van der Waals surface area contributed by atoms with Gasteiger partial charge >= 0.3 is 5.97 Å². The molecule has 0 radical (unpaired) electrons. The van der Waals surface area contributed by atoms with Crippen molar-refractivity contribution in [3.63, 3.8) is 0 Å². The summed E-state index contributed by atoms with van der Waals surface area (Å²) < 4.78 is 0. The van der Waals surface area contributed by atoms with E-state index in [-0.39, 0.29) is 6.42 Å². The molecule has 1 aromatic rings. The molecule has 1 saturated carbocycles. The van der Waals surface area contributed by atoms with Crippen molar-refractivity contribution in [2.75, 3.05) is 0 Å². The first-order valence-corrected chi connectivity index (χ1v) is 6.56. The molecule has 1 aliphatic carbocycles. The van der Waals surface area contributed by atoms with E-state index in [1.807, 2.05) is 0 Å². The van der Waals surface area contributed by atoms with Crippen molar-refractivity contribution in [1.29, 1.82) is 0 Å². The summed E-state index contributed by atoms with van der Waals surface area (Å²) in [6.45, 7) is 0. The fourth-order valence-electron chi connectivity index (χ4n) is 2.71. The highest BCUT2D eigenvalue weighted by atomic mass is 16.4. The fourth-order valence-corrected chi connectivity index (χ4v) is 2.71. The smallest absolute Gasteiger partial charge is 0.303 e. The van der Waals surface area contributed by atoms with Gasteiger partial charge in [0, 0.05) is 6.42 Å². The van der Waals surface area contributed by atoms with Gasteiger partial charge in [0.15, 0.2) is 0 Å². The Bertz CT molecular complexity index is 378. The van der Waals surface area contributed by atoms with Gasteiger partial charge in [-0.15, -0.1) is 0 Å². The third-order valence-corrected chi connectivity index (χ3v) is 3.63. The van der Waals surface area contributed by atoms with E-state index in [4.69, 9.17) is 5.11 Å². The average Bonchev–Trinajstić information content (AvgIpc) is 2.82. The average molecular weight is 232 g/mol. The molecule has 0 unspecified atom stereocenters. The number of benzene rings is 1. The second-order valence-corrected chi connectivity index (χ2v) is 4.97. The first-order chi connectivity index (χ1) is 8.25. The maximum absolute atomic E-state index is 10.5. The van der Waals surface area contributed by atoms with Crippen LogP contribution in [0, 0.1) is 0 Å². The zero-order chi connectivity index (χ0) is 12.1. The van der Waals surface area contributed by atoms with E-state index < -0.39 is 5.97 Å². The lowest BCUT2D eigenvalue weighted by atomic mass is 9.95. The summed E-state index contributed by atoms with van der Waals surface area (Å²) in [5, 5.41) is 8.62. The zero-order valence-electron chi connectivity index (χ0n) is 10.2. The van der Waals surface area contributed by atoms with Crippen molar-refractivity contribution in [2.45, 2.75) is 50.9 Å². The van der Waals surface area contributed by atoms with Crippen molar-refractivity contribution in [3.8, 4) is 0 Å². The third kappa shape index (κ3) is 3.58. The lowest BCUT2D eigenvalue weighted by Gasteiger charge is -2.11. The Labute approximate surface area is 103 Å². The Balaban J connectivity index is 1.93. The Hall–Kier alpha value is -1.31. The van der Waals surface area contributed by atoms with Gasteiger partial charge < -0.3 is 5.11 Å². The molecule has 1 aromatic carbocycles. The molecular formula is C15H20O2. The van der Waals surface area contributed by atoms with Crippen LogP contribution in [0.25, 0.3) is 0 Å². The number of hydrogen-bond donors (Lipinski definition) is 1. The van der Waals surface area contributed by atoms with Gasteiger partial charge in [0.25, 0.3) is 0 Å². The van der Waals surface area contributed by atoms with E-state index in [1.165, 1.54) is 36.8 Å². The molecule has 17 heavy (non-hydrogen) atoms. The van der Waals surface area contributed by atoms with Crippen LogP contribution < -0.4 is 0 Å². The van der Waals surface area contributed by atoms with Crippen LogP contribution in [-0.2, 0) is 11.2 Å². The number of carboxylic acid groups (broad SMARTS) is 1. The second kappa shape index (κ2) is 5.85. The number of rotatable bonds is 5. The van der Waals surface area contributed by atoms with Crippen molar-refractivity contribution in [2.24, 2.45) is 0 Å². The first kappa shape index (κ1) is 12.2. The minimum Gasteiger partial charge on any atom is -0.481 e. The normalized spacial score (nSPS) is 16.2. The standard InChI is InChI=1S/C15H20O2/c16-15(17)10-4-6-12-5-3-9-14(11-12)13-7-1-2-8-13/h3,5,9,11,13H,1-2,4,6-8,10H2,(H,16,17). The lowest BCUT2D eigenvalue weighted by molar-refractivity contribution is -0.137. The molecule has 0 aromatic heterocycles. The first-order valence-electron chi connectivity index (χ1n) is 6.56. The molecule has 92 valence electrons. The largest absolute Gasteiger partial charge is 0.481 e. The van der Waals surface area contributed by atoms with Gasteiger partial charge in [-0.3, -0.25) is 4.79 Å². The van der Waals surface area contributed by atoms with Gasteiger partial charge in [0.05, 0.1) is 0 Å². The van der Waals surface area contributed by atoms with Gasteiger partial charge in [-0.1, -0.05) is 37.1 Å². The maximum atomic E-state index is 10.5. The molecule has 0 saturated heterocycles. The summed E-state index contributed by atoms with van der Waals surface area (Å²) in [6, 6.07) is 8.72. The van der Waals surface area contributed by atoms with Crippen LogP contribution in [0.2, 0.25) is 0 Å². The number of aliphatic carboxylic acids is 1. The number of aryl methyl sites for hydroxylation is 1. The number of carbonyl (C=O) groups is 1. The van der Waals surface area contributed by atoms with Gasteiger partial charge in [-0.2, -0.15) is 0 Å². The monoisotopic (exact) mass is 232 g/mol. The molecule has 1 aliphatic rings. The van der Waals surface area contributed by atoms with E-state index in [0.717, 1.165) is 18.8 Å². The van der Waals surface area contributed by atoms with Crippen LogP contribution in [0.1, 0.15) is 55.6 Å². The predicted molar refractivity (Wildman–Crippen MR) is 68.2 cm³/mol. The molecule has 2 heteroatoms. The summed E-state index contributed by atoms with van der Waals surface area (Å²) >= 11 is 0. The molecule has 1 N–H and O–H groups in total. The van der Waals surface area contributed by atoms with Crippen LogP contribution in [0.3, 0.4) is 0 Å². The van der Waals surface area contributed by atoms with Gasteiger partial charge in [-0.05, 0) is 42.7 Å². The van der Waals surface area contributed by atoms with Crippen molar-refractivity contribution >= 4 is 5.97 Å². The summed E-state index contributed by atoms with van der Waals surface area (Å²) in [6.07, 6.45) is 7.24. The molecule has 2 nitrogen and oxygen atoms in total. The summed E-state index contributed by atoms with van der Waals surface area (Å²) in [5.74, 6) is 0.0476. The van der Waals surface area contributed by atoms with Crippen LogP contribution in [0.4, 0.5) is 0 Å². The third-order valence-electron chi connectivity index (χ3n) is 3.63. The van der Waals surface area contributed by atoms with E-state index in [0.29, 0.717) is 0 Å². The zero-order valence-corrected chi connectivity index (χ0v) is 10.2. The molecule has 0 aliphatic heterocycles. The maximum Gasteiger partial charge on any atom is 0.303 e. The van der Waals surface area contributed by atoms with Crippen molar-refractivity contribution in [1.82, 2.24) is 0 Å². The van der Waals surface area contributed by atoms with Crippen molar-refractivity contribution < 1.29 is 9.90 Å². The minimum atomic E-state index is -0.697. The van der Waals surface area contributed by atoms with E-state index in [2.05, 4.69) is 24.3 Å². The quantitative estimate of drug-likeness (QED) is 0.839. The fraction of sp³-hybridized carbons (Fsp3) is 0.533. The molecule has 0 amide bonds. The van der Waals surface area contributed by atoms with E-state index >= 15 is 0 Å². The minimum absolute atomic E-state index is 0.271. The molecular weight excluding hydrogens is 212 g/mol. The van der Waals surface area contributed by atoms with E-state index in [1.54, 1.807) is 0 Å². The molecule has 0 atom stereocenters. The van der Waals surface area contributed by atoms with Gasteiger partial charge in [-0.25, -0.2) is 0 Å². The predicted octanol–water partition coefficient (Wildman–Crippen LogP) is 3.75. The van der Waals surface area contributed by atoms with Crippen LogP contribution >= 0.6 is 0 Å². The topological polar surface area (TPSA) is 37.3 Å². The van der Waals surface area contributed by atoms with E-state index in [9.17, 15) is 4.79 Å². The second-order valence-electron chi connectivity index (χ2n) is 4.97. The SMILES string of the molecule is O=C(O)CCCc1cccc(C2CCCC2)c1. The molecule has 2 rings (SSSR count). The summed E-state index contributed by atoms with van der Waals surface area (Å²) in [7, 11) is 0. The molecule has 0 heterocycles. The van der Waals surface area contributed by atoms with Crippen molar-refractivity contribution in [3.05, 3.63) is 35.4 Å². The summed E-state index contributed by atoms with van der Waals surface area (Å²) in [4.78, 5) is 10.5. The number of carboxylic acids is 1. The molecule has 0 spiro atoms.